The lowest BCUT2D eigenvalue weighted by molar-refractivity contribution is -0.139. The van der Waals surface area contributed by atoms with Gasteiger partial charge >= 0.3 is 11.9 Å². The van der Waals surface area contributed by atoms with Gasteiger partial charge in [-0.2, -0.15) is 0 Å². The minimum absolute atomic E-state index is 0.332. The maximum Gasteiger partial charge on any atom is 0.336 e. The Morgan fingerprint density at radius 1 is 0.771 bits per heavy atom. The summed E-state index contributed by atoms with van der Waals surface area (Å²) in [4.78, 5) is 23.4. The van der Waals surface area contributed by atoms with E-state index >= 15 is 0 Å². The van der Waals surface area contributed by atoms with E-state index in [4.69, 9.17) is 18.9 Å². The van der Waals surface area contributed by atoms with Crippen LogP contribution >= 0.6 is 0 Å². The third-order valence-corrected chi connectivity index (χ3v) is 4.99. The molecule has 0 bridgehead atoms. The Bertz CT molecular complexity index is 944. The summed E-state index contributed by atoms with van der Waals surface area (Å²) < 4.78 is 21.8. The van der Waals surface area contributed by atoms with Gasteiger partial charge in [-0.05, 0) is 87.1 Å². The molecule has 0 amide bonds. The molecule has 0 radical (unpaired) electrons. The van der Waals surface area contributed by atoms with Crippen LogP contribution in [0.3, 0.4) is 0 Å². The lowest BCUT2D eigenvalue weighted by Gasteiger charge is -2.07. The Kier molecular flexibility index (Phi) is 12.8. The number of unbranched alkanes of at least 4 members (excludes halogenated alkanes) is 4. The van der Waals surface area contributed by atoms with Crippen LogP contribution in [0.5, 0.6) is 17.2 Å². The van der Waals surface area contributed by atoms with Gasteiger partial charge in [0.2, 0.25) is 0 Å². The van der Waals surface area contributed by atoms with Gasteiger partial charge in [-0.3, -0.25) is 0 Å². The molecule has 6 nitrogen and oxygen atoms in total. The SMILES string of the molecule is C=C(C)C(=O)OCCCCCCOc1ccc(/C=C/C(=O)Oc2ccc(OCCCC)cc2)cc1. The lowest BCUT2D eigenvalue weighted by atomic mass is 10.2. The standard InChI is InChI=1S/C29H36O6/c1-4-5-20-32-26-15-17-27(18-16-26)35-28(30)19-12-24-10-13-25(14-11-24)33-21-8-6-7-9-22-34-29(31)23(2)3/h10-19H,2,4-9,20-22H2,1,3H3/b19-12+. The molecule has 0 saturated heterocycles. The quantitative estimate of drug-likeness (QED) is 0.118. The van der Waals surface area contributed by atoms with Crippen molar-refractivity contribution in [3.63, 3.8) is 0 Å². The summed E-state index contributed by atoms with van der Waals surface area (Å²) in [6, 6.07) is 14.5. The number of rotatable bonds is 16. The lowest BCUT2D eigenvalue weighted by Crippen LogP contribution is -2.06. The van der Waals surface area contributed by atoms with E-state index in [9.17, 15) is 9.59 Å². The maximum absolute atomic E-state index is 12.1. The Morgan fingerprint density at radius 2 is 1.31 bits per heavy atom. The van der Waals surface area contributed by atoms with Crippen LogP contribution in [0, 0.1) is 0 Å². The Hall–Kier alpha value is -3.54. The van der Waals surface area contributed by atoms with E-state index < -0.39 is 5.97 Å². The molecule has 0 aliphatic rings. The van der Waals surface area contributed by atoms with Gasteiger partial charge in [0.15, 0.2) is 0 Å². The molecule has 6 heteroatoms. The minimum atomic E-state index is -0.445. The van der Waals surface area contributed by atoms with Crippen LogP contribution in [0.4, 0.5) is 0 Å². The predicted octanol–water partition coefficient (Wildman–Crippen LogP) is 6.54. The Morgan fingerprint density at radius 3 is 1.91 bits per heavy atom. The normalized spacial score (nSPS) is 10.7. The van der Waals surface area contributed by atoms with E-state index in [-0.39, 0.29) is 5.97 Å². The van der Waals surface area contributed by atoms with Crippen molar-refractivity contribution in [2.24, 2.45) is 0 Å². The first-order valence-electron chi connectivity index (χ1n) is 12.2. The smallest absolute Gasteiger partial charge is 0.336 e. The molecule has 0 saturated carbocycles. The van der Waals surface area contributed by atoms with Gasteiger partial charge in [-0.15, -0.1) is 0 Å². The molecule has 2 aromatic rings. The molecule has 0 spiro atoms. The molecule has 0 atom stereocenters. The first-order valence-corrected chi connectivity index (χ1v) is 12.2. The van der Waals surface area contributed by atoms with Crippen molar-refractivity contribution in [2.75, 3.05) is 19.8 Å². The number of carbonyl (C=O) groups excluding carboxylic acids is 2. The highest BCUT2D eigenvalue weighted by atomic mass is 16.5. The van der Waals surface area contributed by atoms with Crippen molar-refractivity contribution in [3.8, 4) is 17.2 Å². The van der Waals surface area contributed by atoms with Gasteiger partial charge in [-0.25, -0.2) is 9.59 Å². The molecule has 188 valence electrons. The highest BCUT2D eigenvalue weighted by Crippen LogP contribution is 2.19. The Labute approximate surface area is 208 Å². The van der Waals surface area contributed by atoms with Gasteiger partial charge in [0.05, 0.1) is 19.8 Å². The van der Waals surface area contributed by atoms with Crippen LogP contribution in [0.1, 0.15) is 57.9 Å². The number of hydrogen-bond donors (Lipinski definition) is 0. The molecule has 0 heterocycles. The van der Waals surface area contributed by atoms with Gasteiger partial charge in [0, 0.05) is 11.6 Å². The summed E-state index contributed by atoms with van der Waals surface area (Å²) in [5.74, 6) is 1.24. The van der Waals surface area contributed by atoms with Crippen molar-refractivity contribution >= 4 is 18.0 Å². The second-order valence-corrected chi connectivity index (χ2v) is 8.18. The molecule has 0 unspecified atom stereocenters. The van der Waals surface area contributed by atoms with Crippen LogP contribution in [0.15, 0.2) is 66.8 Å². The van der Waals surface area contributed by atoms with E-state index in [0.29, 0.717) is 31.1 Å². The summed E-state index contributed by atoms with van der Waals surface area (Å²) in [5, 5.41) is 0. The van der Waals surface area contributed by atoms with Gasteiger partial charge < -0.3 is 18.9 Å². The summed E-state index contributed by atoms with van der Waals surface area (Å²) in [7, 11) is 0. The zero-order chi connectivity index (χ0) is 25.3. The van der Waals surface area contributed by atoms with Gasteiger partial charge in [-0.1, -0.05) is 32.1 Å². The third-order valence-electron chi connectivity index (χ3n) is 4.99. The predicted molar refractivity (Wildman–Crippen MR) is 138 cm³/mol. The molecule has 35 heavy (non-hydrogen) atoms. The number of esters is 2. The summed E-state index contributed by atoms with van der Waals surface area (Å²) in [5.41, 5.74) is 1.30. The zero-order valence-electron chi connectivity index (χ0n) is 20.8. The molecule has 2 aromatic carbocycles. The van der Waals surface area contributed by atoms with Crippen LogP contribution in [-0.4, -0.2) is 31.8 Å². The molecule has 0 fully saturated rings. The monoisotopic (exact) mass is 480 g/mol. The Balaban J connectivity index is 1.62. The van der Waals surface area contributed by atoms with E-state index in [1.165, 1.54) is 6.08 Å². The average Bonchev–Trinajstić information content (AvgIpc) is 2.86. The van der Waals surface area contributed by atoms with Gasteiger partial charge in [0.1, 0.15) is 17.2 Å². The van der Waals surface area contributed by atoms with Crippen molar-refractivity contribution in [3.05, 3.63) is 72.3 Å². The van der Waals surface area contributed by atoms with E-state index in [1.54, 1.807) is 37.3 Å². The van der Waals surface area contributed by atoms with Crippen LogP contribution in [0.25, 0.3) is 6.08 Å². The fraction of sp³-hybridized carbons (Fsp3) is 0.379. The highest BCUT2D eigenvalue weighted by Gasteiger charge is 2.03. The van der Waals surface area contributed by atoms with E-state index in [1.807, 2.05) is 24.3 Å². The summed E-state index contributed by atoms with van der Waals surface area (Å²) in [6.45, 7) is 9.04. The topological polar surface area (TPSA) is 71.1 Å². The van der Waals surface area contributed by atoms with Crippen LogP contribution < -0.4 is 14.2 Å². The van der Waals surface area contributed by atoms with E-state index in [2.05, 4.69) is 13.5 Å². The fourth-order valence-corrected chi connectivity index (χ4v) is 2.96. The van der Waals surface area contributed by atoms with Crippen molar-refractivity contribution in [1.29, 1.82) is 0 Å². The van der Waals surface area contributed by atoms with Crippen molar-refractivity contribution in [2.45, 2.75) is 52.4 Å². The highest BCUT2D eigenvalue weighted by molar-refractivity contribution is 5.88. The molecule has 2 rings (SSSR count). The number of hydrogen-bond acceptors (Lipinski definition) is 6. The molecular formula is C29H36O6. The van der Waals surface area contributed by atoms with Crippen LogP contribution in [0.2, 0.25) is 0 Å². The number of carbonyl (C=O) groups is 2. The van der Waals surface area contributed by atoms with Crippen molar-refractivity contribution in [1.82, 2.24) is 0 Å². The largest absolute Gasteiger partial charge is 0.494 e. The zero-order valence-corrected chi connectivity index (χ0v) is 20.8. The number of ether oxygens (including phenoxy) is 4. The second kappa shape index (κ2) is 16.1. The third kappa shape index (κ3) is 11.9. The van der Waals surface area contributed by atoms with Gasteiger partial charge in [0.25, 0.3) is 0 Å². The fourth-order valence-electron chi connectivity index (χ4n) is 2.96. The summed E-state index contributed by atoms with van der Waals surface area (Å²) >= 11 is 0. The molecule has 0 aliphatic carbocycles. The van der Waals surface area contributed by atoms with E-state index in [0.717, 1.165) is 55.6 Å². The molecule has 0 aromatic heterocycles. The molecule has 0 N–H and O–H groups in total. The molecule has 0 aliphatic heterocycles. The average molecular weight is 481 g/mol. The summed E-state index contributed by atoms with van der Waals surface area (Å²) in [6.07, 6.45) is 8.92. The second-order valence-electron chi connectivity index (χ2n) is 8.18. The minimum Gasteiger partial charge on any atom is -0.494 e. The first kappa shape index (κ1) is 27.7. The molecular weight excluding hydrogens is 444 g/mol. The van der Waals surface area contributed by atoms with Crippen LogP contribution in [-0.2, 0) is 14.3 Å². The van der Waals surface area contributed by atoms with Crippen molar-refractivity contribution < 1.29 is 28.5 Å². The maximum atomic E-state index is 12.1. The number of benzene rings is 2. The first-order chi connectivity index (χ1) is 17.0.